The zero-order valence-electron chi connectivity index (χ0n) is 12.5. The molecule has 1 aromatic carbocycles. The molecule has 0 unspecified atom stereocenters. The van der Waals surface area contributed by atoms with Crippen molar-refractivity contribution in [2.24, 2.45) is 0 Å². The quantitative estimate of drug-likeness (QED) is 0.902. The first-order valence-electron chi connectivity index (χ1n) is 6.81. The number of hydrogen-bond donors (Lipinski definition) is 1. The maximum Gasteiger partial charge on any atom is 0.257 e. The molecule has 1 aromatic rings. The van der Waals surface area contributed by atoms with Crippen LogP contribution in [0.5, 0.6) is 11.5 Å². The molecule has 1 amide bonds. The average molecular weight is 358 g/mol. The normalized spacial score (nSPS) is 17.5. The number of carbonyl (C=O) groups is 1. The highest BCUT2D eigenvalue weighted by atomic mass is 79.9. The summed E-state index contributed by atoms with van der Waals surface area (Å²) in [7, 11) is 3.09. The minimum absolute atomic E-state index is 0.109. The van der Waals surface area contributed by atoms with Crippen molar-refractivity contribution in [1.29, 1.82) is 0 Å². The number of likely N-dealkylation sites (tertiary alicyclic amines) is 1. The molecule has 0 aliphatic carbocycles. The van der Waals surface area contributed by atoms with Gasteiger partial charge in [0.25, 0.3) is 5.91 Å². The molecule has 5 nitrogen and oxygen atoms in total. The zero-order valence-corrected chi connectivity index (χ0v) is 14.1. The van der Waals surface area contributed by atoms with Crippen LogP contribution in [0.1, 0.15) is 30.1 Å². The number of piperidine rings is 1. The highest BCUT2D eigenvalue weighted by Gasteiger charge is 2.31. The van der Waals surface area contributed by atoms with E-state index in [0.29, 0.717) is 47.5 Å². The second-order valence-electron chi connectivity index (χ2n) is 5.48. The largest absolute Gasteiger partial charge is 0.497 e. The van der Waals surface area contributed by atoms with Crippen molar-refractivity contribution in [3.05, 3.63) is 22.2 Å². The Balaban J connectivity index is 2.28. The number of aliphatic hydroxyl groups is 1. The molecule has 21 heavy (non-hydrogen) atoms. The van der Waals surface area contributed by atoms with Gasteiger partial charge < -0.3 is 19.5 Å². The Morgan fingerprint density at radius 3 is 2.43 bits per heavy atom. The molecule has 0 saturated carbocycles. The van der Waals surface area contributed by atoms with Crippen LogP contribution in [0.25, 0.3) is 0 Å². The molecule has 0 atom stereocenters. The van der Waals surface area contributed by atoms with Gasteiger partial charge in [0, 0.05) is 13.1 Å². The van der Waals surface area contributed by atoms with Crippen molar-refractivity contribution in [3.63, 3.8) is 0 Å². The van der Waals surface area contributed by atoms with E-state index in [1.54, 1.807) is 31.1 Å². The molecular formula is C15H20BrNO4. The molecule has 0 radical (unpaired) electrons. The molecule has 6 heteroatoms. The fraction of sp³-hybridized carbons (Fsp3) is 0.533. The lowest BCUT2D eigenvalue weighted by Gasteiger charge is -2.36. The number of hydrogen-bond acceptors (Lipinski definition) is 4. The van der Waals surface area contributed by atoms with Crippen molar-refractivity contribution >= 4 is 21.8 Å². The molecule has 2 rings (SSSR count). The maximum atomic E-state index is 12.7. The Kier molecular flexibility index (Phi) is 4.78. The molecular weight excluding hydrogens is 338 g/mol. The third kappa shape index (κ3) is 3.49. The molecule has 1 heterocycles. The van der Waals surface area contributed by atoms with Crippen molar-refractivity contribution in [2.75, 3.05) is 27.3 Å². The molecule has 0 aromatic heterocycles. The second-order valence-corrected chi connectivity index (χ2v) is 6.33. The van der Waals surface area contributed by atoms with Crippen molar-refractivity contribution in [2.45, 2.75) is 25.4 Å². The summed E-state index contributed by atoms with van der Waals surface area (Å²) in [4.78, 5) is 14.4. The summed E-state index contributed by atoms with van der Waals surface area (Å²) in [5, 5.41) is 9.98. The number of carbonyl (C=O) groups excluding carboxylic acids is 1. The van der Waals surface area contributed by atoms with Crippen LogP contribution in [-0.2, 0) is 0 Å². The maximum absolute atomic E-state index is 12.7. The third-order valence-electron chi connectivity index (χ3n) is 3.82. The Morgan fingerprint density at radius 1 is 1.29 bits per heavy atom. The van der Waals surface area contributed by atoms with Gasteiger partial charge in [0.1, 0.15) is 11.5 Å². The second kappa shape index (κ2) is 6.23. The number of amides is 1. The third-order valence-corrected chi connectivity index (χ3v) is 4.40. The topological polar surface area (TPSA) is 59.0 Å². The van der Waals surface area contributed by atoms with Gasteiger partial charge in [-0.25, -0.2) is 0 Å². The molecule has 0 spiro atoms. The van der Waals surface area contributed by atoms with E-state index in [-0.39, 0.29) is 5.91 Å². The van der Waals surface area contributed by atoms with Gasteiger partial charge in [-0.3, -0.25) is 4.79 Å². The van der Waals surface area contributed by atoms with Gasteiger partial charge in [-0.2, -0.15) is 0 Å². The first kappa shape index (κ1) is 16.1. The Morgan fingerprint density at radius 2 is 1.90 bits per heavy atom. The number of benzene rings is 1. The van der Waals surface area contributed by atoms with E-state index < -0.39 is 5.60 Å². The van der Waals surface area contributed by atoms with E-state index in [1.165, 1.54) is 7.11 Å². The monoisotopic (exact) mass is 357 g/mol. The van der Waals surface area contributed by atoms with E-state index in [0.717, 1.165) is 0 Å². The highest BCUT2D eigenvalue weighted by Crippen LogP contribution is 2.35. The van der Waals surface area contributed by atoms with Crippen molar-refractivity contribution < 1.29 is 19.4 Å². The van der Waals surface area contributed by atoms with Crippen LogP contribution < -0.4 is 9.47 Å². The summed E-state index contributed by atoms with van der Waals surface area (Å²) in [6.45, 7) is 2.87. The summed E-state index contributed by atoms with van der Waals surface area (Å²) >= 11 is 3.39. The van der Waals surface area contributed by atoms with Crippen molar-refractivity contribution in [1.82, 2.24) is 4.90 Å². The minimum Gasteiger partial charge on any atom is -0.497 e. The number of rotatable bonds is 3. The van der Waals surface area contributed by atoms with E-state index in [1.807, 2.05) is 0 Å². The summed E-state index contributed by atoms with van der Waals surface area (Å²) < 4.78 is 11.2. The standard InChI is InChI=1S/C15H20BrNO4/c1-15(19)4-6-17(7-5-15)14(18)11-8-10(20-2)9-12(16)13(11)21-3/h8-9,19H,4-7H2,1-3H3. The SMILES string of the molecule is COc1cc(Br)c(OC)c(C(=O)N2CCC(C)(O)CC2)c1. The number of methoxy groups -OCH3 is 2. The van der Waals surface area contributed by atoms with Crippen LogP contribution in [0.3, 0.4) is 0 Å². The number of halogens is 1. The van der Waals surface area contributed by atoms with Crippen LogP contribution in [-0.4, -0.2) is 48.8 Å². The number of nitrogens with zero attached hydrogens (tertiary/aromatic N) is 1. The van der Waals surface area contributed by atoms with Gasteiger partial charge in [-0.1, -0.05) is 0 Å². The average Bonchev–Trinajstić information content (AvgIpc) is 2.45. The molecule has 0 bridgehead atoms. The van der Waals surface area contributed by atoms with E-state index in [4.69, 9.17) is 9.47 Å². The summed E-state index contributed by atoms with van der Waals surface area (Å²) in [5.41, 5.74) is -0.221. The smallest absolute Gasteiger partial charge is 0.257 e. The van der Waals surface area contributed by atoms with Crippen LogP contribution >= 0.6 is 15.9 Å². The fourth-order valence-corrected chi connectivity index (χ4v) is 3.02. The Bertz CT molecular complexity index is 535. The summed E-state index contributed by atoms with van der Waals surface area (Å²) in [6.07, 6.45) is 1.15. The molecule has 1 aliphatic heterocycles. The molecule has 1 fully saturated rings. The van der Waals surface area contributed by atoms with Crippen molar-refractivity contribution in [3.8, 4) is 11.5 Å². The molecule has 1 saturated heterocycles. The summed E-state index contributed by atoms with van der Waals surface area (Å²) in [5.74, 6) is 0.982. The molecule has 116 valence electrons. The lowest BCUT2D eigenvalue weighted by molar-refractivity contribution is -0.00210. The van der Waals surface area contributed by atoms with Gasteiger partial charge in [0.15, 0.2) is 0 Å². The van der Waals surface area contributed by atoms with Crippen LogP contribution in [0.4, 0.5) is 0 Å². The van der Waals surface area contributed by atoms with E-state index >= 15 is 0 Å². The predicted octanol–water partition coefficient (Wildman–Crippen LogP) is 2.45. The zero-order chi connectivity index (χ0) is 15.6. The lowest BCUT2D eigenvalue weighted by Crippen LogP contribution is -2.45. The van der Waals surface area contributed by atoms with Gasteiger partial charge in [0.05, 0.1) is 29.9 Å². The fourth-order valence-electron chi connectivity index (χ4n) is 2.41. The molecule has 1 N–H and O–H groups in total. The first-order chi connectivity index (χ1) is 9.88. The number of ether oxygens (including phenoxy) is 2. The lowest BCUT2D eigenvalue weighted by atomic mass is 9.93. The van der Waals surface area contributed by atoms with Gasteiger partial charge in [-0.15, -0.1) is 0 Å². The van der Waals surface area contributed by atoms with Gasteiger partial charge in [-0.05, 0) is 47.8 Å². The van der Waals surface area contributed by atoms with E-state index in [2.05, 4.69) is 15.9 Å². The van der Waals surface area contributed by atoms with E-state index in [9.17, 15) is 9.90 Å². The minimum atomic E-state index is -0.685. The summed E-state index contributed by atoms with van der Waals surface area (Å²) in [6, 6.07) is 3.44. The predicted molar refractivity (Wildman–Crippen MR) is 83.0 cm³/mol. The van der Waals surface area contributed by atoms with Gasteiger partial charge in [0.2, 0.25) is 0 Å². The van der Waals surface area contributed by atoms with Crippen LogP contribution in [0.15, 0.2) is 16.6 Å². The Hall–Kier alpha value is -1.27. The van der Waals surface area contributed by atoms with Gasteiger partial charge >= 0.3 is 0 Å². The van der Waals surface area contributed by atoms with Crippen LogP contribution in [0.2, 0.25) is 0 Å². The van der Waals surface area contributed by atoms with Crippen LogP contribution in [0, 0.1) is 0 Å². The first-order valence-corrected chi connectivity index (χ1v) is 7.60. The highest BCUT2D eigenvalue weighted by molar-refractivity contribution is 9.10. The Labute approximate surface area is 133 Å². The molecule has 1 aliphatic rings.